The molecule has 0 aliphatic rings. The van der Waals surface area contributed by atoms with Gasteiger partial charge < -0.3 is 14.9 Å². The largest absolute Gasteiger partial charge is 0.490 e. The highest BCUT2D eigenvalue weighted by Gasteiger charge is 2.02. The van der Waals surface area contributed by atoms with Gasteiger partial charge in [-0.25, -0.2) is 0 Å². The molecule has 0 atom stereocenters. The zero-order valence-corrected chi connectivity index (χ0v) is 7.59. The maximum atomic E-state index is 10.3. The summed E-state index contributed by atoms with van der Waals surface area (Å²) in [5.74, 6) is -0.435. The van der Waals surface area contributed by atoms with Crippen LogP contribution in [0, 0.1) is 0 Å². The summed E-state index contributed by atoms with van der Waals surface area (Å²) < 4.78 is 6.45. The Labute approximate surface area is 80.7 Å². The molecule has 0 fully saturated rings. The molecule has 0 saturated carbocycles. The van der Waals surface area contributed by atoms with E-state index in [0.29, 0.717) is 18.8 Å². The van der Waals surface area contributed by atoms with Crippen LogP contribution in [0.2, 0.25) is 0 Å². The average molecular weight is 200 g/mol. The Hall–Kier alpha value is -1.56. The number of rotatable bonds is 6. The summed E-state index contributed by atoms with van der Waals surface area (Å²) in [7, 11) is 0. The molecular weight excluding hydrogens is 188 g/mol. The zero-order valence-electron chi connectivity index (χ0n) is 7.59. The first-order valence-electron chi connectivity index (χ1n) is 4.20. The normalized spacial score (nSPS) is 10.1. The molecule has 1 aromatic heterocycles. The first kappa shape index (κ1) is 10.5. The smallest absolute Gasteiger partial charge is 0.325 e. The van der Waals surface area contributed by atoms with E-state index in [4.69, 9.17) is 14.9 Å². The number of aliphatic hydroxyl groups excluding tert-OH is 1. The van der Waals surface area contributed by atoms with Crippen molar-refractivity contribution in [2.45, 2.75) is 13.0 Å². The molecule has 0 radical (unpaired) electrons. The van der Waals surface area contributed by atoms with Crippen molar-refractivity contribution in [1.82, 2.24) is 9.78 Å². The van der Waals surface area contributed by atoms with Gasteiger partial charge in [-0.2, -0.15) is 5.10 Å². The minimum absolute atomic E-state index is 0.0727. The molecule has 78 valence electrons. The lowest BCUT2D eigenvalue weighted by atomic mass is 10.5. The van der Waals surface area contributed by atoms with E-state index in [-0.39, 0.29) is 13.2 Å². The maximum Gasteiger partial charge on any atom is 0.325 e. The summed E-state index contributed by atoms with van der Waals surface area (Å²) >= 11 is 0. The van der Waals surface area contributed by atoms with Gasteiger partial charge in [0, 0.05) is 13.0 Å². The lowest BCUT2D eigenvalue weighted by Gasteiger charge is -1.99. The molecule has 6 nitrogen and oxygen atoms in total. The van der Waals surface area contributed by atoms with Crippen molar-refractivity contribution in [3.05, 3.63) is 12.4 Å². The van der Waals surface area contributed by atoms with Gasteiger partial charge in [0.2, 0.25) is 0 Å². The fraction of sp³-hybridized carbons (Fsp3) is 0.500. The lowest BCUT2D eigenvalue weighted by Crippen LogP contribution is -2.08. The van der Waals surface area contributed by atoms with Crippen molar-refractivity contribution >= 4 is 5.97 Å². The third-order valence-electron chi connectivity index (χ3n) is 1.48. The van der Waals surface area contributed by atoms with Gasteiger partial charge in [0.25, 0.3) is 0 Å². The second-order valence-corrected chi connectivity index (χ2v) is 2.69. The van der Waals surface area contributed by atoms with Gasteiger partial charge in [0.15, 0.2) is 5.75 Å². The Bertz CT molecular complexity index is 297. The molecule has 0 amide bonds. The third kappa shape index (κ3) is 3.44. The number of nitrogens with zero attached hydrogens (tertiary/aromatic N) is 2. The van der Waals surface area contributed by atoms with E-state index in [9.17, 15) is 4.79 Å². The number of aliphatic carboxylic acids is 1. The number of hydrogen-bond donors (Lipinski definition) is 2. The fourth-order valence-corrected chi connectivity index (χ4v) is 0.899. The molecule has 6 heteroatoms. The Morgan fingerprint density at radius 3 is 3.07 bits per heavy atom. The van der Waals surface area contributed by atoms with Crippen LogP contribution in [0.4, 0.5) is 0 Å². The van der Waals surface area contributed by atoms with Gasteiger partial charge in [0.1, 0.15) is 6.54 Å². The summed E-state index contributed by atoms with van der Waals surface area (Å²) in [6.07, 6.45) is 3.50. The monoisotopic (exact) mass is 200 g/mol. The number of hydrogen-bond acceptors (Lipinski definition) is 4. The van der Waals surface area contributed by atoms with Crippen molar-refractivity contribution in [3.8, 4) is 5.75 Å². The van der Waals surface area contributed by atoms with Gasteiger partial charge in [-0.05, 0) is 0 Å². The SMILES string of the molecule is O=C(O)Cn1cc(OCCCO)cn1. The number of ether oxygens (including phenoxy) is 1. The average Bonchev–Trinajstić information content (AvgIpc) is 2.52. The Morgan fingerprint density at radius 1 is 1.64 bits per heavy atom. The van der Waals surface area contributed by atoms with Gasteiger partial charge in [0.05, 0.1) is 19.0 Å². The molecule has 0 aliphatic carbocycles. The van der Waals surface area contributed by atoms with Crippen molar-refractivity contribution in [1.29, 1.82) is 0 Å². The van der Waals surface area contributed by atoms with Crippen LogP contribution >= 0.6 is 0 Å². The summed E-state index contributed by atoms with van der Waals surface area (Å²) in [5, 5.41) is 20.7. The topological polar surface area (TPSA) is 84.6 Å². The molecule has 0 aromatic carbocycles. The number of aromatic nitrogens is 2. The number of aliphatic hydroxyl groups is 1. The predicted molar refractivity (Wildman–Crippen MR) is 47.1 cm³/mol. The number of carbonyl (C=O) groups is 1. The number of carboxylic acid groups (broad SMARTS) is 1. The minimum Gasteiger partial charge on any atom is -0.490 e. The quantitative estimate of drug-likeness (QED) is 0.617. The Morgan fingerprint density at radius 2 is 2.43 bits per heavy atom. The van der Waals surface area contributed by atoms with E-state index in [2.05, 4.69) is 5.10 Å². The third-order valence-corrected chi connectivity index (χ3v) is 1.48. The van der Waals surface area contributed by atoms with Crippen molar-refractivity contribution in [3.63, 3.8) is 0 Å². The maximum absolute atomic E-state index is 10.3. The summed E-state index contributed by atoms with van der Waals surface area (Å²) in [6.45, 7) is 0.294. The Balaban J connectivity index is 2.38. The number of carboxylic acids is 1. The van der Waals surface area contributed by atoms with Crippen LogP contribution < -0.4 is 4.74 Å². The molecule has 0 bridgehead atoms. The highest BCUT2D eigenvalue weighted by Crippen LogP contribution is 2.07. The molecule has 0 saturated heterocycles. The minimum atomic E-state index is -0.949. The van der Waals surface area contributed by atoms with Crippen LogP contribution in [-0.2, 0) is 11.3 Å². The van der Waals surface area contributed by atoms with Crippen LogP contribution in [0.1, 0.15) is 6.42 Å². The molecule has 1 aromatic rings. The predicted octanol–water partition coefficient (Wildman–Crippen LogP) is -0.271. The highest BCUT2D eigenvalue weighted by molar-refractivity contribution is 5.66. The molecule has 1 heterocycles. The fourth-order valence-electron chi connectivity index (χ4n) is 0.899. The van der Waals surface area contributed by atoms with Gasteiger partial charge >= 0.3 is 5.97 Å². The van der Waals surface area contributed by atoms with Gasteiger partial charge in [-0.15, -0.1) is 0 Å². The zero-order chi connectivity index (χ0) is 10.4. The summed E-state index contributed by atoms with van der Waals surface area (Å²) in [5.41, 5.74) is 0. The van der Waals surface area contributed by atoms with Crippen molar-refractivity contribution in [2.75, 3.05) is 13.2 Å². The first-order chi connectivity index (χ1) is 6.72. The summed E-state index contributed by atoms with van der Waals surface area (Å²) in [6, 6.07) is 0. The standard InChI is InChI=1S/C8H12N2O4/c11-2-1-3-14-7-4-9-10(5-7)6-8(12)13/h4-5,11H,1-3,6H2,(H,12,13). The van der Waals surface area contributed by atoms with E-state index >= 15 is 0 Å². The van der Waals surface area contributed by atoms with E-state index in [1.54, 1.807) is 0 Å². The lowest BCUT2D eigenvalue weighted by molar-refractivity contribution is -0.137. The molecule has 0 aliphatic heterocycles. The van der Waals surface area contributed by atoms with E-state index in [1.807, 2.05) is 0 Å². The molecule has 14 heavy (non-hydrogen) atoms. The molecular formula is C8H12N2O4. The van der Waals surface area contributed by atoms with Crippen LogP contribution in [0.3, 0.4) is 0 Å². The second-order valence-electron chi connectivity index (χ2n) is 2.69. The van der Waals surface area contributed by atoms with E-state index in [0.717, 1.165) is 0 Å². The van der Waals surface area contributed by atoms with Crippen LogP contribution in [0.25, 0.3) is 0 Å². The first-order valence-corrected chi connectivity index (χ1v) is 4.20. The van der Waals surface area contributed by atoms with E-state index < -0.39 is 5.97 Å². The Kier molecular flexibility index (Phi) is 3.93. The summed E-state index contributed by atoms with van der Waals surface area (Å²) in [4.78, 5) is 10.3. The molecule has 0 spiro atoms. The molecule has 1 rings (SSSR count). The van der Waals surface area contributed by atoms with Crippen LogP contribution in [0.5, 0.6) is 5.75 Å². The van der Waals surface area contributed by atoms with E-state index in [1.165, 1.54) is 17.1 Å². The highest BCUT2D eigenvalue weighted by atomic mass is 16.5. The van der Waals surface area contributed by atoms with Gasteiger partial charge in [-0.1, -0.05) is 0 Å². The van der Waals surface area contributed by atoms with Crippen LogP contribution in [0.15, 0.2) is 12.4 Å². The molecule has 2 N–H and O–H groups in total. The molecule has 0 unspecified atom stereocenters. The van der Waals surface area contributed by atoms with Gasteiger partial charge in [-0.3, -0.25) is 9.48 Å². The van der Waals surface area contributed by atoms with Crippen molar-refractivity contribution in [2.24, 2.45) is 0 Å². The second kappa shape index (κ2) is 5.23. The van der Waals surface area contributed by atoms with Crippen LogP contribution in [-0.4, -0.2) is 39.2 Å². The van der Waals surface area contributed by atoms with Crippen molar-refractivity contribution < 1.29 is 19.7 Å².